The summed E-state index contributed by atoms with van der Waals surface area (Å²) in [5, 5.41) is 18.8. The molecule has 1 aromatic heterocycles. The summed E-state index contributed by atoms with van der Waals surface area (Å²) in [6.45, 7) is 1.98. The fourth-order valence-electron chi connectivity index (χ4n) is 2.34. The zero-order valence-electron chi connectivity index (χ0n) is 12.9. The second kappa shape index (κ2) is 6.42. The van der Waals surface area contributed by atoms with E-state index in [1.807, 2.05) is 31.2 Å². The van der Waals surface area contributed by atoms with Gasteiger partial charge in [-0.1, -0.05) is 18.2 Å². The van der Waals surface area contributed by atoms with Crippen LogP contribution in [0, 0.1) is 6.92 Å². The van der Waals surface area contributed by atoms with E-state index in [0.29, 0.717) is 22.6 Å². The number of benzene rings is 2. The minimum Gasteiger partial charge on any atom is -0.507 e. The number of aromatic hydroxyl groups is 1. The Morgan fingerprint density at radius 1 is 1.00 bits per heavy atom. The topological polar surface area (TPSA) is 79.7 Å². The zero-order chi connectivity index (χ0) is 17.1. The van der Waals surface area contributed by atoms with Gasteiger partial charge in [0.05, 0.1) is 6.20 Å². The number of aryl methyl sites for hydroxylation is 1. The van der Waals surface area contributed by atoms with Crippen molar-refractivity contribution in [1.82, 2.24) is 4.98 Å². The summed E-state index contributed by atoms with van der Waals surface area (Å²) in [6.07, 6.45) is 3.22. The Morgan fingerprint density at radius 2 is 1.83 bits per heavy atom. The second-order valence-corrected chi connectivity index (χ2v) is 5.36. The number of nitrogens with zero attached hydrogens (tertiary/aromatic N) is 1. The van der Waals surface area contributed by atoms with E-state index in [2.05, 4.69) is 4.98 Å². The summed E-state index contributed by atoms with van der Waals surface area (Å²) in [5.41, 5.74) is 2.32. The van der Waals surface area contributed by atoms with Gasteiger partial charge in [-0.3, -0.25) is 4.98 Å². The first-order chi connectivity index (χ1) is 11.5. The normalized spacial score (nSPS) is 10.4. The number of rotatable bonds is 4. The average molecular weight is 321 g/mol. The van der Waals surface area contributed by atoms with Gasteiger partial charge < -0.3 is 14.9 Å². The quantitative estimate of drug-likeness (QED) is 0.751. The molecule has 0 aliphatic heterocycles. The molecule has 0 spiro atoms. The van der Waals surface area contributed by atoms with Crippen molar-refractivity contribution in [2.75, 3.05) is 0 Å². The number of phenols is 1. The Kier molecular flexibility index (Phi) is 4.16. The van der Waals surface area contributed by atoms with Crippen LogP contribution in [-0.4, -0.2) is 21.2 Å². The fourth-order valence-corrected chi connectivity index (χ4v) is 2.34. The van der Waals surface area contributed by atoms with E-state index in [-0.39, 0.29) is 11.3 Å². The molecule has 0 aliphatic rings. The first-order valence-electron chi connectivity index (χ1n) is 7.29. The van der Waals surface area contributed by atoms with Crippen LogP contribution in [0.2, 0.25) is 0 Å². The van der Waals surface area contributed by atoms with Crippen LogP contribution in [0.25, 0.3) is 11.1 Å². The number of carbonyl (C=O) groups is 1. The summed E-state index contributed by atoms with van der Waals surface area (Å²) in [7, 11) is 0. The third-order valence-electron chi connectivity index (χ3n) is 3.50. The molecule has 0 aliphatic carbocycles. The fraction of sp³-hybridized carbons (Fsp3) is 0.0526. The lowest BCUT2D eigenvalue weighted by Crippen LogP contribution is -1.96. The smallest absolute Gasteiger partial charge is 0.339 e. The summed E-state index contributed by atoms with van der Waals surface area (Å²) < 4.78 is 5.79. The summed E-state index contributed by atoms with van der Waals surface area (Å²) in [5.74, 6) is -0.198. The minimum absolute atomic E-state index is 0.140. The Hall–Kier alpha value is -3.34. The van der Waals surface area contributed by atoms with Crippen molar-refractivity contribution < 1.29 is 19.7 Å². The number of aromatic carboxylic acids is 1. The predicted molar refractivity (Wildman–Crippen MR) is 89.6 cm³/mol. The lowest BCUT2D eigenvalue weighted by atomic mass is 10.0. The second-order valence-electron chi connectivity index (χ2n) is 5.36. The molecule has 0 amide bonds. The molecule has 24 heavy (non-hydrogen) atoms. The number of ether oxygens (including phenoxy) is 1. The predicted octanol–water partition coefficient (Wildman–Crippen LogP) is 4.25. The number of aromatic nitrogens is 1. The van der Waals surface area contributed by atoms with Crippen molar-refractivity contribution in [2.45, 2.75) is 6.92 Å². The van der Waals surface area contributed by atoms with Gasteiger partial charge in [0.25, 0.3) is 0 Å². The Bertz CT molecular complexity index is 905. The molecule has 0 atom stereocenters. The van der Waals surface area contributed by atoms with Crippen molar-refractivity contribution in [3.8, 4) is 28.4 Å². The van der Waals surface area contributed by atoms with Gasteiger partial charge in [-0.15, -0.1) is 0 Å². The van der Waals surface area contributed by atoms with Crippen molar-refractivity contribution in [1.29, 1.82) is 0 Å². The van der Waals surface area contributed by atoms with Crippen molar-refractivity contribution in [3.63, 3.8) is 0 Å². The maximum absolute atomic E-state index is 11.0. The largest absolute Gasteiger partial charge is 0.507 e. The van der Waals surface area contributed by atoms with E-state index in [9.17, 15) is 9.90 Å². The molecular weight excluding hydrogens is 306 g/mol. The third kappa shape index (κ3) is 3.35. The maximum atomic E-state index is 11.0. The molecule has 2 N–H and O–H groups in total. The summed E-state index contributed by atoms with van der Waals surface area (Å²) in [4.78, 5) is 15.1. The van der Waals surface area contributed by atoms with Crippen LogP contribution >= 0.6 is 0 Å². The number of hydrogen-bond acceptors (Lipinski definition) is 4. The van der Waals surface area contributed by atoms with Gasteiger partial charge in [-0.2, -0.15) is 0 Å². The average Bonchev–Trinajstić information content (AvgIpc) is 2.54. The molecular formula is C19H15NO4. The SMILES string of the molecule is Cc1cccc(Oc2cncc(-c3ccc(C(=O)O)c(O)c3)c2)c1. The van der Waals surface area contributed by atoms with E-state index in [0.717, 1.165) is 5.56 Å². The Labute approximate surface area is 138 Å². The molecule has 5 heteroatoms. The molecule has 3 rings (SSSR count). The Balaban J connectivity index is 1.90. The van der Waals surface area contributed by atoms with E-state index in [1.165, 1.54) is 12.1 Å². The highest BCUT2D eigenvalue weighted by molar-refractivity contribution is 5.91. The van der Waals surface area contributed by atoms with Crippen LogP contribution in [0.3, 0.4) is 0 Å². The maximum Gasteiger partial charge on any atom is 0.339 e. The molecule has 120 valence electrons. The van der Waals surface area contributed by atoms with E-state index < -0.39 is 5.97 Å². The monoisotopic (exact) mass is 321 g/mol. The third-order valence-corrected chi connectivity index (χ3v) is 3.50. The van der Waals surface area contributed by atoms with Gasteiger partial charge >= 0.3 is 5.97 Å². The number of carboxylic acids is 1. The standard InChI is InChI=1S/C19H15NO4/c1-12-3-2-4-15(7-12)24-16-8-14(10-20-11-16)13-5-6-17(19(22)23)18(21)9-13/h2-11,21H,1H3,(H,22,23). The molecule has 3 aromatic rings. The first kappa shape index (κ1) is 15.6. The van der Waals surface area contributed by atoms with Gasteiger partial charge in [0.2, 0.25) is 0 Å². The number of carboxylic acid groups (broad SMARTS) is 1. The lowest BCUT2D eigenvalue weighted by molar-refractivity contribution is 0.0694. The molecule has 0 unspecified atom stereocenters. The van der Waals surface area contributed by atoms with Crippen LogP contribution in [0.4, 0.5) is 0 Å². The van der Waals surface area contributed by atoms with Gasteiger partial charge in [0, 0.05) is 11.8 Å². The Morgan fingerprint density at radius 3 is 2.54 bits per heavy atom. The molecule has 1 heterocycles. The summed E-state index contributed by atoms with van der Waals surface area (Å²) in [6, 6.07) is 13.8. The highest BCUT2D eigenvalue weighted by Gasteiger charge is 2.11. The number of pyridine rings is 1. The van der Waals surface area contributed by atoms with E-state index in [1.54, 1.807) is 24.5 Å². The minimum atomic E-state index is -1.17. The molecule has 5 nitrogen and oxygen atoms in total. The van der Waals surface area contributed by atoms with Gasteiger partial charge in [-0.25, -0.2) is 4.79 Å². The van der Waals surface area contributed by atoms with Crippen LogP contribution in [0.5, 0.6) is 17.2 Å². The van der Waals surface area contributed by atoms with Crippen LogP contribution in [-0.2, 0) is 0 Å². The molecule has 0 radical (unpaired) electrons. The summed E-state index contributed by atoms with van der Waals surface area (Å²) >= 11 is 0. The number of hydrogen-bond donors (Lipinski definition) is 2. The van der Waals surface area contributed by atoms with Crippen LogP contribution in [0.15, 0.2) is 60.9 Å². The highest BCUT2D eigenvalue weighted by atomic mass is 16.5. The van der Waals surface area contributed by atoms with Crippen LogP contribution in [0.1, 0.15) is 15.9 Å². The lowest BCUT2D eigenvalue weighted by Gasteiger charge is -2.09. The molecule has 0 saturated heterocycles. The van der Waals surface area contributed by atoms with Gasteiger partial charge in [0.15, 0.2) is 0 Å². The van der Waals surface area contributed by atoms with Gasteiger partial charge in [-0.05, 0) is 48.4 Å². The van der Waals surface area contributed by atoms with E-state index in [4.69, 9.17) is 9.84 Å². The molecule has 0 fully saturated rings. The molecule has 0 bridgehead atoms. The first-order valence-corrected chi connectivity index (χ1v) is 7.29. The van der Waals surface area contributed by atoms with E-state index >= 15 is 0 Å². The van der Waals surface area contributed by atoms with Crippen molar-refractivity contribution >= 4 is 5.97 Å². The van der Waals surface area contributed by atoms with Crippen molar-refractivity contribution in [2.24, 2.45) is 0 Å². The highest BCUT2D eigenvalue weighted by Crippen LogP contribution is 2.29. The molecule has 0 saturated carbocycles. The zero-order valence-corrected chi connectivity index (χ0v) is 12.9. The van der Waals surface area contributed by atoms with Crippen LogP contribution < -0.4 is 4.74 Å². The molecule has 2 aromatic carbocycles. The van der Waals surface area contributed by atoms with Crippen molar-refractivity contribution in [3.05, 3.63) is 72.1 Å². The van der Waals surface area contributed by atoms with Gasteiger partial charge in [0.1, 0.15) is 22.8 Å².